The molecule has 0 aromatic carbocycles. The van der Waals surface area contributed by atoms with E-state index in [1.165, 1.54) is 19.4 Å². The third-order valence-corrected chi connectivity index (χ3v) is 3.79. The Labute approximate surface area is 122 Å². The first-order valence-electron chi connectivity index (χ1n) is 7.46. The second kappa shape index (κ2) is 6.14. The molecule has 1 aromatic heterocycles. The summed E-state index contributed by atoms with van der Waals surface area (Å²) in [5.74, 6) is 0. The highest BCUT2D eigenvalue weighted by Gasteiger charge is 2.24. The van der Waals surface area contributed by atoms with Gasteiger partial charge in [0, 0.05) is 31.7 Å². The number of hydrogen-bond acceptors (Lipinski definition) is 5. The summed E-state index contributed by atoms with van der Waals surface area (Å²) in [5.41, 5.74) is 1.06. The van der Waals surface area contributed by atoms with E-state index in [1.54, 1.807) is 6.26 Å². The van der Waals surface area contributed by atoms with Gasteiger partial charge in [-0.25, -0.2) is 0 Å². The molecule has 0 radical (unpaired) electrons. The Hall–Kier alpha value is -1.07. The minimum absolute atomic E-state index is 0.0943. The molecule has 1 aliphatic rings. The summed E-state index contributed by atoms with van der Waals surface area (Å²) in [6.07, 6.45) is 4.21. The van der Waals surface area contributed by atoms with Crippen molar-refractivity contribution in [3.05, 3.63) is 12.0 Å². The number of likely N-dealkylation sites (N-methyl/N-ethyl adjacent to an activating group) is 2. The van der Waals surface area contributed by atoms with E-state index in [-0.39, 0.29) is 5.54 Å². The average Bonchev–Trinajstić information content (AvgIpc) is 2.83. The number of nitrogens with one attached hydrogen (secondary N) is 1. The Bertz CT molecular complexity index is 424. The molecule has 1 fully saturated rings. The predicted molar refractivity (Wildman–Crippen MR) is 82.0 cm³/mol. The lowest BCUT2D eigenvalue weighted by Crippen LogP contribution is -2.45. The summed E-state index contributed by atoms with van der Waals surface area (Å²) in [6.45, 7) is 9.46. The highest BCUT2D eigenvalue weighted by molar-refractivity contribution is 5.28. The summed E-state index contributed by atoms with van der Waals surface area (Å²) in [4.78, 5) is 9.14. The van der Waals surface area contributed by atoms with E-state index in [2.05, 4.69) is 55.0 Å². The van der Waals surface area contributed by atoms with Crippen LogP contribution in [-0.4, -0.2) is 48.6 Å². The predicted octanol–water partition coefficient (Wildman–Crippen LogP) is 2.09. The molecule has 0 bridgehead atoms. The smallest absolute Gasteiger partial charge is 0.297 e. The van der Waals surface area contributed by atoms with Crippen LogP contribution >= 0.6 is 0 Å². The van der Waals surface area contributed by atoms with Crippen LogP contribution in [0, 0.1) is 0 Å². The molecule has 1 N–H and O–H groups in total. The molecule has 0 aliphatic carbocycles. The molecule has 114 valence electrons. The summed E-state index contributed by atoms with van der Waals surface area (Å²) in [7, 11) is 4.25. The maximum atomic E-state index is 5.64. The lowest BCUT2D eigenvalue weighted by Gasteiger charge is -2.34. The van der Waals surface area contributed by atoms with Crippen LogP contribution in [0.4, 0.5) is 6.01 Å². The fourth-order valence-corrected chi connectivity index (χ4v) is 2.51. The van der Waals surface area contributed by atoms with Crippen LogP contribution in [0.15, 0.2) is 10.7 Å². The molecular formula is C15H28N4O. The van der Waals surface area contributed by atoms with Gasteiger partial charge >= 0.3 is 0 Å². The van der Waals surface area contributed by atoms with Crippen molar-refractivity contribution in [2.45, 2.75) is 51.7 Å². The minimum atomic E-state index is 0.0943. The maximum Gasteiger partial charge on any atom is 0.297 e. The lowest BCUT2D eigenvalue weighted by molar-refractivity contribution is 0.244. The molecule has 1 aliphatic heterocycles. The second-order valence-electron chi connectivity index (χ2n) is 6.89. The fourth-order valence-electron chi connectivity index (χ4n) is 2.51. The van der Waals surface area contributed by atoms with Crippen molar-refractivity contribution in [2.75, 3.05) is 32.1 Å². The van der Waals surface area contributed by atoms with Crippen molar-refractivity contribution in [2.24, 2.45) is 0 Å². The fraction of sp³-hybridized carbons (Fsp3) is 0.800. The van der Waals surface area contributed by atoms with Crippen molar-refractivity contribution in [3.63, 3.8) is 0 Å². The molecular weight excluding hydrogens is 252 g/mol. The molecule has 0 spiro atoms. The average molecular weight is 280 g/mol. The SMILES string of the molecule is CN1CCCC(N(C)c2nc(CNC(C)(C)C)co2)C1. The maximum absolute atomic E-state index is 5.64. The monoisotopic (exact) mass is 280 g/mol. The number of hydrogen-bond donors (Lipinski definition) is 1. The first-order valence-corrected chi connectivity index (χ1v) is 7.46. The van der Waals surface area contributed by atoms with Crippen LogP contribution in [0.25, 0.3) is 0 Å². The molecule has 2 rings (SSSR count). The third kappa shape index (κ3) is 4.21. The zero-order valence-electron chi connectivity index (χ0n) is 13.4. The van der Waals surface area contributed by atoms with Gasteiger partial charge in [-0.05, 0) is 47.2 Å². The number of piperidine rings is 1. The highest BCUT2D eigenvalue weighted by atomic mass is 16.4. The van der Waals surface area contributed by atoms with Gasteiger partial charge in [-0.3, -0.25) is 0 Å². The van der Waals surface area contributed by atoms with Gasteiger partial charge in [0.25, 0.3) is 6.01 Å². The van der Waals surface area contributed by atoms with Gasteiger partial charge in [-0.15, -0.1) is 0 Å². The van der Waals surface area contributed by atoms with E-state index in [0.29, 0.717) is 6.04 Å². The van der Waals surface area contributed by atoms with E-state index < -0.39 is 0 Å². The summed E-state index contributed by atoms with van der Waals surface area (Å²) in [5, 5.41) is 3.43. The summed E-state index contributed by atoms with van der Waals surface area (Å²) < 4.78 is 5.64. The highest BCUT2D eigenvalue weighted by Crippen LogP contribution is 2.20. The third-order valence-electron chi connectivity index (χ3n) is 3.79. The number of anilines is 1. The Balaban J connectivity index is 1.93. The van der Waals surface area contributed by atoms with Crippen LogP contribution in [0.2, 0.25) is 0 Å². The first kappa shape index (κ1) is 15.3. The van der Waals surface area contributed by atoms with E-state index in [4.69, 9.17) is 4.42 Å². The molecule has 1 saturated heterocycles. The zero-order chi connectivity index (χ0) is 14.8. The molecule has 1 atom stereocenters. The zero-order valence-corrected chi connectivity index (χ0v) is 13.4. The van der Waals surface area contributed by atoms with E-state index in [1.807, 2.05) is 0 Å². The van der Waals surface area contributed by atoms with Gasteiger partial charge in [-0.2, -0.15) is 4.98 Å². The van der Waals surface area contributed by atoms with Crippen molar-refractivity contribution >= 4 is 6.01 Å². The van der Waals surface area contributed by atoms with E-state index >= 15 is 0 Å². The molecule has 1 unspecified atom stereocenters. The van der Waals surface area contributed by atoms with Gasteiger partial charge in [0.15, 0.2) is 0 Å². The van der Waals surface area contributed by atoms with Crippen molar-refractivity contribution in [3.8, 4) is 0 Å². The van der Waals surface area contributed by atoms with Gasteiger partial charge in [0.1, 0.15) is 6.26 Å². The quantitative estimate of drug-likeness (QED) is 0.915. The molecule has 5 heteroatoms. The summed E-state index contributed by atoms with van der Waals surface area (Å²) in [6, 6.07) is 1.23. The molecule has 5 nitrogen and oxygen atoms in total. The standard InChI is InChI=1S/C15H28N4O/c1-15(2,3)16-9-12-11-20-14(17-12)19(5)13-7-6-8-18(4)10-13/h11,13,16H,6-10H2,1-5H3. The van der Waals surface area contributed by atoms with Crippen LogP contribution in [0.3, 0.4) is 0 Å². The van der Waals surface area contributed by atoms with E-state index in [9.17, 15) is 0 Å². The molecule has 0 saturated carbocycles. The number of oxazole rings is 1. The topological polar surface area (TPSA) is 44.5 Å². The van der Waals surface area contributed by atoms with E-state index in [0.717, 1.165) is 24.8 Å². The Morgan fingerprint density at radius 1 is 1.50 bits per heavy atom. The van der Waals surface area contributed by atoms with Gasteiger partial charge in [0.2, 0.25) is 0 Å². The second-order valence-corrected chi connectivity index (χ2v) is 6.89. The van der Waals surface area contributed by atoms with Crippen molar-refractivity contribution < 1.29 is 4.42 Å². The molecule has 2 heterocycles. The van der Waals surface area contributed by atoms with Crippen molar-refractivity contribution in [1.29, 1.82) is 0 Å². The Morgan fingerprint density at radius 2 is 2.25 bits per heavy atom. The molecule has 1 aromatic rings. The Morgan fingerprint density at radius 3 is 2.90 bits per heavy atom. The molecule has 20 heavy (non-hydrogen) atoms. The van der Waals surface area contributed by atoms with Crippen LogP contribution in [0.1, 0.15) is 39.3 Å². The van der Waals surface area contributed by atoms with Crippen molar-refractivity contribution in [1.82, 2.24) is 15.2 Å². The van der Waals surface area contributed by atoms with Crippen LogP contribution in [0.5, 0.6) is 0 Å². The normalized spacial score (nSPS) is 21.1. The largest absolute Gasteiger partial charge is 0.432 e. The van der Waals surface area contributed by atoms with Gasteiger partial charge in [-0.1, -0.05) is 0 Å². The van der Waals surface area contributed by atoms with Crippen LogP contribution < -0.4 is 10.2 Å². The summed E-state index contributed by atoms with van der Waals surface area (Å²) >= 11 is 0. The Kier molecular flexibility index (Phi) is 4.70. The van der Waals surface area contributed by atoms with Gasteiger partial charge < -0.3 is 19.5 Å². The minimum Gasteiger partial charge on any atom is -0.432 e. The lowest BCUT2D eigenvalue weighted by atomic mass is 10.1. The molecule has 0 amide bonds. The van der Waals surface area contributed by atoms with Crippen LogP contribution in [-0.2, 0) is 6.54 Å². The number of aromatic nitrogens is 1. The first-order chi connectivity index (χ1) is 9.35. The van der Waals surface area contributed by atoms with Gasteiger partial charge in [0.05, 0.1) is 5.69 Å². The number of likely N-dealkylation sites (tertiary alicyclic amines) is 1. The number of rotatable bonds is 4. The number of nitrogens with zero attached hydrogens (tertiary/aromatic N) is 3.